The molecule has 0 bridgehead atoms. The van der Waals surface area contributed by atoms with Crippen LogP contribution in [-0.2, 0) is 6.54 Å². The zero-order valence-electron chi connectivity index (χ0n) is 14.5. The highest BCUT2D eigenvalue weighted by Gasteiger charge is 2.17. The number of methoxy groups -OCH3 is 1. The van der Waals surface area contributed by atoms with Crippen molar-refractivity contribution in [3.8, 4) is 5.75 Å². The van der Waals surface area contributed by atoms with Gasteiger partial charge < -0.3 is 14.6 Å². The van der Waals surface area contributed by atoms with Crippen molar-refractivity contribution in [3.63, 3.8) is 0 Å². The van der Waals surface area contributed by atoms with E-state index in [1.165, 1.54) is 5.56 Å². The van der Waals surface area contributed by atoms with Crippen molar-refractivity contribution in [1.29, 1.82) is 0 Å². The second-order valence-corrected chi connectivity index (χ2v) is 6.11. The maximum absolute atomic E-state index is 12.9. The fraction of sp³-hybridized carbons (Fsp3) is 0.250. The molecule has 124 valence electrons. The van der Waals surface area contributed by atoms with Gasteiger partial charge in [0.2, 0.25) is 0 Å². The van der Waals surface area contributed by atoms with Crippen LogP contribution in [0.1, 0.15) is 27.2 Å². The summed E-state index contributed by atoms with van der Waals surface area (Å²) in [5.74, 6) is 0.826. The quantitative estimate of drug-likeness (QED) is 0.787. The van der Waals surface area contributed by atoms with E-state index in [9.17, 15) is 4.79 Å². The Balaban J connectivity index is 1.86. The van der Waals surface area contributed by atoms with Gasteiger partial charge in [-0.05, 0) is 43.2 Å². The number of ether oxygens (including phenoxy) is 1. The Hall–Kier alpha value is -2.75. The monoisotopic (exact) mass is 322 g/mol. The molecule has 1 N–H and O–H groups in total. The maximum Gasteiger partial charge on any atom is 0.256 e. The van der Waals surface area contributed by atoms with E-state index in [-0.39, 0.29) is 5.91 Å². The molecule has 0 radical (unpaired) electrons. The third-order valence-corrected chi connectivity index (χ3v) is 4.50. The second kappa shape index (κ2) is 6.40. The molecular weight excluding hydrogens is 300 g/mol. The number of aryl methyl sites for hydroxylation is 2. The second-order valence-electron chi connectivity index (χ2n) is 6.11. The van der Waals surface area contributed by atoms with Crippen LogP contribution in [0.15, 0.2) is 42.5 Å². The lowest BCUT2D eigenvalue weighted by atomic mass is 10.1. The first kappa shape index (κ1) is 16.1. The van der Waals surface area contributed by atoms with Gasteiger partial charge in [0.25, 0.3) is 5.91 Å². The average molecular weight is 322 g/mol. The minimum atomic E-state index is 0.0117. The summed E-state index contributed by atoms with van der Waals surface area (Å²) in [6.07, 6.45) is 0. The van der Waals surface area contributed by atoms with Crippen molar-refractivity contribution in [2.75, 3.05) is 14.2 Å². The molecule has 0 spiro atoms. The number of hydrogen-bond acceptors (Lipinski definition) is 2. The van der Waals surface area contributed by atoms with Crippen molar-refractivity contribution < 1.29 is 9.53 Å². The molecule has 24 heavy (non-hydrogen) atoms. The molecule has 0 saturated heterocycles. The largest absolute Gasteiger partial charge is 0.497 e. The lowest BCUT2D eigenvalue weighted by Gasteiger charge is -2.18. The van der Waals surface area contributed by atoms with Gasteiger partial charge in [-0.3, -0.25) is 4.79 Å². The van der Waals surface area contributed by atoms with E-state index in [1.807, 2.05) is 50.4 Å². The summed E-state index contributed by atoms with van der Waals surface area (Å²) in [5.41, 5.74) is 4.98. The number of nitrogens with one attached hydrogen (secondary N) is 1. The zero-order valence-corrected chi connectivity index (χ0v) is 14.5. The van der Waals surface area contributed by atoms with Crippen LogP contribution in [0, 0.1) is 13.8 Å². The van der Waals surface area contributed by atoms with Crippen molar-refractivity contribution in [2.24, 2.45) is 0 Å². The topological polar surface area (TPSA) is 45.3 Å². The molecule has 1 amide bonds. The minimum Gasteiger partial charge on any atom is -0.497 e. The van der Waals surface area contributed by atoms with Crippen LogP contribution in [0.5, 0.6) is 5.75 Å². The zero-order chi connectivity index (χ0) is 17.3. The molecule has 3 aromatic rings. The Labute approximate surface area is 142 Å². The number of carbonyl (C=O) groups excluding carboxylic acids is 1. The summed E-state index contributed by atoms with van der Waals surface area (Å²) in [5, 5.41) is 1.11. The number of benzene rings is 2. The number of aromatic nitrogens is 1. The predicted octanol–water partition coefficient (Wildman–Crippen LogP) is 4.07. The van der Waals surface area contributed by atoms with Crippen molar-refractivity contribution >= 4 is 16.8 Å². The van der Waals surface area contributed by atoms with E-state index in [0.29, 0.717) is 12.1 Å². The number of para-hydroxylation sites is 1. The normalized spacial score (nSPS) is 10.8. The molecule has 0 aliphatic carbocycles. The van der Waals surface area contributed by atoms with Gasteiger partial charge in [-0.1, -0.05) is 24.3 Å². The lowest BCUT2D eigenvalue weighted by Crippen LogP contribution is -2.26. The summed E-state index contributed by atoms with van der Waals surface area (Å²) in [4.78, 5) is 18.0. The number of nitrogens with zero attached hydrogens (tertiary/aromatic N) is 1. The third-order valence-electron chi connectivity index (χ3n) is 4.50. The summed E-state index contributed by atoms with van der Waals surface area (Å²) < 4.78 is 5.17. The van der Waals surface area contributed by atoms with Gasteiger partial charge in [-0.25, -0.2) is 0 Å². The van der Waals surface area contributed by atoms with Crippen LogP contribution in [0.3, 0.4) is 0 Å². The Bertz CT molecular complexity index is 879. The van der Waals surface area contributed by atoms with Crippen LogP contribution in [0.25, 0.3) is 10.9 Å². The number of H-pyrrole nitrogens is 1. The van der Waals surface area contributed by atoms with E-state index in [2.05, 4.69) is 18.0 Å². The predicted molar refractivity (Wildman–Crippen MR) is 96.6 cm³/mol. The van der Waals surface area contributed by atoms with E-state index in [0.717, 1.165) is 27.9 Å². The molecule has 1 heterocycles. The van der Waals surface area contributed by atoms with Crippen molar-refractivity contribution in [2.45, 2.75) is 20.4 Å². The number of aromatic amines is 1. The number of fused-ring (bicyclic) bond motifs is 1. The van der Waals surface area contributed by atoms with Gasteiger partial charge in [0.1, 0.15) is 5.75 Å². The van der Waals surface area contributed by atoms with Gasteiger partial charge in [0.15, 0.2) is 0 Å². The average Bonchev–Trinajstić information content (AvgIpc) is 2.89. The third kappa shape index (κ3) is 2.87. The number of hydrogen-bond donors (Lipinski definition) is 1. The van der Waals surface area contributed by atoms with E-state index in [1.54, 1.807) is 12.0 Å². The van der Waals surface area contributed by atoms with Gasteiger partial charge in [0, 0.05) is 24.7 Å². The summed E-state index contributed by atoms with van der Waals surface area (Å²) in [6, 6.07) is 13.6. The number of amides is 1. The Morgan fingerprint density at radius 1 is 1.12 bits per heavy atom. The highest BCUT2D eigenvalue weighted by Crippen LogP contribution is 2.25. The Morgan fingerprint density at radius 3 is 2.50 bits per heavy atom. The summed E-state index contributed by atoms with van der Waals surface area (Å²) in [7, 11) is 3.47. The van der Waals surface area contributed by atoms with Gasteiger partial charge in [0.05, 0.1) is 18.2 Å². The molecule has 0 atom stereocenters. The first-order valence-corrected chi connectivity index (χ1v) is 7.97. The van der Waals surface area contributed by atoms with Gasteiger partial charge in [-0.2, -0.15) is 0 Å². The highest BCUT2D eigenvalue weighted by atomic mass is 16.5. The first-order chi connectivity index (χ1) is 11.5. The van der Waals surface area contributed by atoms with E-state index >= 15 is 0 Å². The van der Waals surface area contributed by atoms with Gasteiger partial charge in [-0.15, -0.1) is 0 Å². The molecular formula is C20H22N2O2. The molecule has 4 nitrogen and oxygen atoms in total. The molecule has 1 aromatic heterocycles. The van der Waals surface area contributed by atoms with Crippen molar-refractivity contribution in [1.82, 2.24) is 9.88 Å². The fourth-order valence-corrected chi connectivity index (χ4v) is 2.94. The standard InChI is InChI=1S/C20H22N2O2/c1-13-14(2)21-19-17(13)6-5-7-18(19)20(23)22(3)12-15-8-10-16(24-4)11-9-15/h5-11,21H,12H2,1-4H3. The fourth-order valence-electron chi connectivity index (χ4n) is 2.94. The number of carbonyl (C=O) groups is 1. The van der Waals surface area contributed by atoms with Crippen LogP contribution >= 0.6 is 0 Å². The summed E-state index contributed by atoms with van der Waals surface area (Å²) in [6.45, 7) is 4.66. The minimum absolute atomic E-state index is 0.0117. The Kier molecular flexibility index (Phi) is 4.30. The van der Waals surface area contributed by atoms with Crippen LogP contribution < -0.4 is 4.74 Å². The highest BCUT2D eigenvalue weighted by molar-refractivity contribution is 6.06. The number of rotatable bonds is 4. The van der Waals surface area contributed by atoms with Crippen molar-refractivity contribution in [3.05, 3.63) is 64.8 Å². The molecule has 0 aliphatic heterocycles. The molecule has 0 aliphatic rings. The molecule has 3 rings (SSSR count). The lowest BCUT2D eigenvalue weighted by molar-refractivity contribution is 0.0787. The molecule has 0 saturated carbocycles. The smallest absolute Gasteiger partial charge is 0.256 e. The van der Waals surface area contributed by atoms with E-state index in [4.69, 9.17) is 4.74 Å². The maximum atomic E-state index is 12.9. The molecule has 4 heteroatoms. The molecule has 0 unspecified atom stereocenters. The summed E-state index contributed by atoms with van der Waals surface area (Å²) >= 11 is 0. The van der Waals surface area contributed by atoms with E-state index < -0.39 is 0 Å². The molecule has 0 fully saturated rings. The van der Waals surface area contributed by atoms with Crippen LogP contribution in [-0.4, -0.2) is 29.9 Å². The Morgan fingerprint density at radius 2 is 1.83 bits per heavy atom. The van der Waals surface area contributed by atoms with Gasteiger partial charge >= 0.3 is 0 Å². The first-order valence-electron chi connectivity index (χ1n) is 7.97. The van der Waals surface area contributed by atoms with Crippen LogP contribution in [0.4, 0.5) is 0 Å². The SMILES string of the molecule is COc1ccc(CN(C)C(=O)c2cccc3c(C)c(C)[nH]c23)cc1. The molecule has 2 aromatic carbocycles. The van der Waals surface area contributed by atoms with Crippen LogP contribution in [0.2, 0.25) is 0 Å².